The molecule has 0 aliphatic heterocycles. The first-order valence-corrected chi connectivity index (χ1v) is 8.09. The minimum Gasteiger partial charge on any atom is -0.507 e. The maximum atomic E-state index is 9.40. The van der Waals surface area contributed by atoms with Gasteiger partial charge in [0.15, 0.2) is 0 Å². The first-order chi connectivity index (χ1) is 5.29. The van der Waals surface area contributed by atoms with Crippen molar-refractivity contribution in [1.82, 2.24) is 0 Å². The average molecular weight is 202 g/mol. The molecule has 60 valence electrons. The van der Waals surface area contributed by atoms with Crippen LogP contribution in [0.2, 0.25) is 0 Å². The number of benzene rings is 1. The second-order valence-corrected chi connectivity index (χ2v) is 4.90. The van der Waals surface area contributed by atoms with Crippen molar-refractivity contribution in [3.8, 4) is 5.75 Å². The van der Waals surface area contributed by atoms with Gasteiger partial charge in [-0.3, -0.25) is 0 Å². The van der Waals surface area contributed by atoms with Gasteiger partial charge in [-0.2, -0.15) is 11.2 Å². The lowest BCUT2D eigenvalue weighted by Crippen LogP contribution is -1.77. The number of aromatic hydroxyl groups is 1. The van der Waals surface area contributed by atoms with E-state index >= 15 is 0 Å². The molecule has 1 aromatic carbocycles. The van der Waals surface area contributed by atoms with E-state index in [-0.39, 0.29) is 0 Å². The van der Waals surface area contributed by atoms with Gasteiger partial charge in [-0.05, 0) is 18.4 Å². The minimum absolute atomic E-state index is 0.401. The highest BCUT2D eigenvalue weighted by Crippen LogP contribution is 2.34. The third-order valence-corrected chi connectivity index (χ3v) is 4.45. The fourth-order valence-electron chi connectivity index (χ4n) is 0.870. The summed E-state index contributed by atoms with van der Waals surface area (Å²) in [5.74, 6) is 0.401. The van der Waals surface area contributed by atoms with Crippen LogP contribution in [0.3, 0.4) is 0 Å². The molecule has 0 amide bonds. The number of hydrogen-bond donors (Lipinski definition) is 1. The molecule has 0 aliphatic rings. The van der Waals surface area contributed by atoms with Gasteiger partial charge in [-0.1, -0.05) is 6.07 Å². The van der Waals surface area contributed by atoms with Gasteiger partial charge in [0.25, 0.3) is 0 Å². The summed E-state index contributed by atoms with van der Waals surface area (Å²) in [7, 11) is 1.07. The van der Waals surface area contributed by atoms with Gasteiger partial charge < -0.3 is 5.11 Å². The Labute approximate surface area is 77.7 Å². The number of phenols is 1. The van der Waals surface area contributed by atoms with E-state index < -0.39 is 0 Å². The van der Waals surface area contributed by atoms with Crippen LogP contribution in [0, 0.1) is 0 Å². The molecule has 0 atom stereocenters. The predicted molar refractivity (Wildman–Crippen MR) is 55.7 cm³/mol. The van der Waals surface area contributed by atoms with Gasteiger partial charge in [0.05, 0.1) is 14.3 Å². The first kappa shape index (κ1) is 9.03. The van der Waals surface area contributed by atoms with Crippen LogP contribution in [0.5, 0.6) is 5.75 Å². The number of phenolic OH excluding ortho intramolecular Hbond substituents is 1. The topological polar surface area (TPSA) is 20.2 Å². The fraction of sp³-hybridized carbons (Fsp3) is 0.143. The third kappa shape index (κ3) is 1.95. The Balaban J connectivity index is 3.13. The lowest BCUT2D eigenvalue weighted by atomic mass is 10.3. The molecule has 0 spiro atoms. The molecule has 1 rings (SSSR count). The molecule has 0 heterocycles. The zero-order valence-electron chi connectivity index (χ0n) is 6.50. The Morgan fingerprint density at radius 1 is 1.45 bits per heavy atom. The lowest BCUT2D eigenvalue weighted by Gasteiger charge is -2.05. The van der Waals surface area contributed by atoms with Crippen molar-refractivity contribution in [2.75, 3.05) is 6.26 Å². The highest BCUT2D eigenvalue weighted by Gasteiger charge is 2.03. The molecule has 0 fully saturated rings. The van der Waals surface area contributed by atoms with E-state index in [0.717, 1.165) is 14.3 Å². The van der Waals surface area contributed by atoms with Crippen molar-refractivity contribution in [2.45, 2.75) is 9.79 Å². The van der Waals surface area contributed by atoms with Crippen molar-refractivity contribution in [1.29, 1.82) is 0 Å². The second kappa shape index (κ2) is 4.09. The van der Waals surface area contributed by atoms with Gasteiger partial charge in [0, 0.05) is 4.90 Å². The van der Waals surface area contributed by atoms with Crippen LogP contribution in [0.25, 0.3) is 0 Å². The van der Waals surface area contributed by atoms with Gasteiger partial charge in [0.1, 0.15) is 5.75 Å². The molecule has 0 bridgehead atoms. The molecular formula is C7H10OS2Si. The van der Waals surface area contributed by atoms with Crippen LogP contribution >= 0.6 is 23.0 Å². The minimum atomic E-state index is 0.401. The molecule has 0 aliphatic carbocycles. The molecule has 11 heavy (non-hydrogen) atoms. The normalized spacial score (nSPS) is 10.3. The summed E-state index contributed by atoms with van der Waals surface area (Å²) in [6, 6.07) is 5.66. The van der Waals surface area contributed by atoms with E-state index in [1.54, 1.807) is 29.0 Å². The van der Waals surface area contributed by atoms with Crippen LogP contribution in [-0.4, -0.2) is 20.8 Å². The van der Waals surface area contributed by atoms with Crippen molar-refractivity contribution < 1.29 is 5.11 Å². The zero-order valence-corrected chi connectivity index (χ0v) is 10.1. The summed E-state index contributed by atoms with van der Waals surface area (Å²) in [6.07, 6.45) is 1.98. The molecule has 0 saturated heterocycles. The predicted octanol–water partition coefficient (Wildman–Crippen LogP) is 1.49. The summed E-state index contributed by atoms with van der Waals surface area (Å²) in [5.41, 5.74) is 0. The SMILES string of the molecule is CSc1c(O)cccc1S[SiH3]. The van der Waals surface area contributed by atoms with Gasteiger partial charge >= 0.3 is 0 Å². The van der Waals surface area contributed by atoms with Gasteiger partial charge in [-0.15, -0.1) is 11.8 Å². The quantitative estimate of drug-likeness (QED) is 0.579. The Morgan fingerprint density at radius 2 is 2.18 bits per heavy atom. The van der Waals surface area contributed by atoms with E-state index in [1.165, 1.54) is 4.90 Å². The largest absolute Gasteiger partial charge is 0.507 e. The van der Waals surface area contributed by atoms with E-state index in [2.05, 4.69) is 0 Å². The molecule has 4 heteroatoms. The third-order valence-electron chi connectivity index (χ3n) is 1.38. The lowest BCUT2D eigenvalue weighted by molar-refractivity contribution is 0.459. The van der Waals surface area contributed by atoms with Crippen molar-refractivity contribution in [3.05, 3.63) is 18.2 Å². The molecule has 1 aromatic rings. The molecule has 0 aromatic heterocycles. The summed E-state index contributed by atoms with van der Waals surface area (Å²) in [5, 5.41) is 9.40. The maximum Gasteiger partial charge on any atom is 0.130 e. The summed E-state index contributed by atoms with van der Waals surface area (Å²) < 4.78 is 0. The summed E-state index contributed by atoms with van der Waals surface area (Å²) in [6.45, 7) is 0. The van der Waals surface area contributed by atoms with E-state index in [1.807, 2.05) is 18.4 Å². The monoisotopic (exact) mass is 202 g/mol. The Kier molecular flexibility index (Phi) is 3.35. The van der Waals surface area contributed by atoms with Crippen molar-refractivity contribution >= 4 is 32.4 Å². The summed E-state index contributed by atoms with van der Waals surface area (Å²) >= 11 is 3.39. The molecule has 0 saturated carbocycles. The molecule has 1 nitrogen and oxygen atoms in total. The second-order valence-electron chi connectivity index (χ2n) is 2.01. The van der Waals surface area contributed by atoms with Crippen molar-refractivity contribution in [3.63, 3.8) is 0 Å². The van der Waals surface area contributed by atoms with Crippen LogP contribution in [0.15, 0.2) is 28.0 Å². The Morgan fingerprint density at radius 3 is 2.64 bits per heavy atom. The number of thioether (sulfide) groups is 1. The zero-order chi connectivity index (χ0) is 8.27. The molecule has 0 radical (unpaired) electrons. The standard InChI is InChI=1S/C7H10OS2Si/c1-9-7-5(8)3-2-4-6(7)10-11/h2-4,8H,1,11H3. The van der Waals surface area contributed by atoms with E-state index in [9.17, 15) is 5.11 Å². The average Bonchev–Trinajstić information content (AvgIpc) is 2.04. The van der Waals surface area contributed by atoms with Crippen LogP contribution < -0.4 is 0 Å². The number of rotatable bonds is 2. The highest BCUT2D eigenvalue weighted by molar-refractivity contribution is 8.20. The van der Waals surface area contributed by atoms with Gasteiger partial charge in [0.2, 0.25) is 0 Å². The van der Waals surface area contributed by atoms with E-state index in [4.69, 9.17) is 0 Å². The van der Waals surface area contributed by atoms with Crippen LogP contribution in [0.1, 0.15) is 0 Å². The fourth-order valence-corrected chi connectivity index (χ4v) is 3.89. The first-order valence-electron chi connectivity index (χ1n) is 3.19. The number of hydrogen-bond acceptors (Lipinski definition) is 3. The Bertz CT molecular complexity index is 252. The molecule has 1 N–H and O–H groups in total. The van der Waals surface area contributed by atoms with Gasteiger partial charge in [-0.25, -0.2) is 0 Å². The smallest absolute Gasteiger partial charge is 0.130 e. The van der Waals surface area contributed by atoms with E-state index in [0.29, 0.717) is 5.75 Å². The van der Waals surface area contributed by atoms with Crippen molar-refractivity contribution in [2.24, 2.45) is 0 Å². The molecule has 0 unspecified atom stereocenters. The van der Waals surface area contributed by atoms with Crippen LogP contribution in [0.4, 0.5) is 0 Å². The maximum absolute atomic E-state index is 9.40. The molecular weight excluding hydrogens is 192 g/mol. The highest BCUT2D eigenvalue weighted by atomic mass is 32.4. The van der Waals surface area contributed by atoms with Crippen LogP contribution in [-0.2, 0) is 0 Å². The summed E-state index contributed by atoms with van der Waals surface area (Å²) in [4.78, 5) is 2.21. The Hall–Kier alpha value is -0.0631.